The van der Waals surface area contributed by atoms with Crippen molar-refractivity contribution < 1.29 is 0 Å². The second-order valence-corrected chi connectivity index (χ2v) is 3.59. The van der Waals surface area contributed by atoms with Crippen LogP contribution < -0.4 is 0 Å². The third kappa shape index (κ3) is 3.17. The van der Waals surface area contributed by atoms with E-state index in [2.05, 4.69) is 36.5 Å². The minimum Gasteiger partial charge on any atom is -0.237 e. The molecule has 1 heterocycles. The number of hydrogen-bond donors (Lipinski definition) is 0. The molecule has 0 radical (unpaired) electrons. The maximum atomic E-state index is 4.24. The van der Waals surface area contributed by atoms with Crippen LogP contribution in [0.4, 0.5) is 0 Å². The lowest BCUT2D eigenvalue weighted by Crippen LogP contribution is -1.93. The van der Waals surface area contributed by atoms with E-state index in [1.54, 1.807) is 12.4 Å². The molecule has 0 aliphatic rings. The largest absolute Gasteiger partial charge is 0.237 e. The van der Waals surface area contributed by atoms with Crippen molar-refractivity contribution in [1.82, 2.24) is 9.97 Å². The van der Waals surface area contributed by atoms with E-state index < -0.39 is 0 Å². The molecule has 0 aliphatic heterocycles. The maximum Gasteiger partial charge on any atom is 0.159 e. The van der Waals surface area contributed by atoms with Crippen LogP contribution in [-0.4, -0.2) is 9.97 Å². The van der Waals surface area contributed by atoms with E-state index in [9.17, 15) is 0 Å². The molecular weight excluding hydrogens is 184 g/mol. The molecule has 15 heavy (non-hydrogen) atoms. The molecule has 0 N–H and O–H groups in total. The van der Waals surface area contributed by atoms with Gasteiger partial charge in [-0.25, -0.2) is 9.97 Å². The first-order chi connectivity index (χ1) is 7.15. The van der Waals surface area contributed by atoms with Crippen molar-refractivity contribution in [2.45, 2.75) is 20.8 Å². The summed E-state index contributed by atoms with van der Waals surface area (Å²) in [4.78, 5) is 8.48. The zero-order chi connectivity index (χ0) is 11.3. The Morgan fingerprint density at radius 1 is 1.20 bits per heavy atom. The molecule has 0 fully saturated rings. The first kappa shape index (κ1) is 11.4. The Morgan fingerprint density at radius 2 is 1.80 bits per heavy atom. The van der Waals surface area contributed by atoms with Crippen LogP contribution in [0.2, 0.25) is 0 Å². The summed E-state index contributed by atoms with van der Waals surface area (Å²) >= 11 is 0. The van der Waals surface area contributed by atoms with E-state index in [-0.39, 0.29) is 0 Å². The molecule has 0 saturated heterocycles. The Morgan fingerprint density at radius 3 is 2.27 bits per heavy atom. The molecule has 0 saturated carbocycles. The topological polar surface area (TPSA) is 25.8 Å². The molecule has 0 aromatic carbocycles. The fraction of sp³-hybridized carbons (Fsp3) is 0.231. The molecule has 0 bridgehead atoms. The summed E-state index contributed by atoms with van der Waals surface area (Å²) in [6, 6.07) is 1.81. The molecule has 78 valence electrons. The summed E-state index contributed by atoms with van der Waals surface area (Å²) in [6.07, 6.45) is 7.40. The van der Waals surface area contributed by atoms with Crippen molar-refractivity contribution >= 4 is 5.57 Å². The molecule has 1 aromatic rings. The lowest BCUT2D eigenvalue weighted by atomic mass is 10.1. The summed E-state index contributed by atoms with van der Waals surface area (Å²) in [5.41, 5.74) is 3.34. The van der Waals surface area contributed by atoms with Crippen LogP contribution in [0.15, 0.2) is 48.3 Å². The quantitative estimate of drug-likeness (QED) is 0.699. The fourth-order valence-corrected chi connectivity index (χ4v) is 1.19. The van der Waals surface area contributed by atoms with Gasteiger partial charge < -0.3 is 0 Å². The number of nitrogens with zero attached hydrogens (tertiary/aromatic N) is 2. The van der Waals surface area contributed by atoms with Gasteiger partial charge in [-0.15, -0.1) is 0 Å². The molecule has 2 heteroatoms. The molecule has 0 aliphatic carbocycles. The van der Waals surface area contributed by atoms with Crippen LogP contribution in [-0.2, 0) is 0 Å². The second kappa shape index (κ2) is 5.25. The minimum atomic E-state index is 0.746. The molecular formula is C13H16N2. The van der Waals surface area contributed by atoms with Crippen molar-refractivity contribution in [2.75, 3.05) is 0 Å². The molecule has 1 aromatic heterocycles. The van der Waals surface area contributed by atoms with Crippen LogP contribution in [0.3, 0.4) is 0 Å². The predicted octanol–water partition coefficient (Wildman–Crippen LogP) is 3.40. The van der Waals surface area contributed by atoms with Gasteiger partial charge in [-0.2, -0.15) is 0 Å². The van der Waals surface area contributed by atoms with E-state index in [1.165, 1.54) is 5.57 Å². The van der Waals surface area contributed by atoms with Crippen LogP contribution in [0.25, 0.3) is 5.57 Å². The average molecular weight is 200 g/mol. The van der Waals surface area contributed by atoms with Gasteiger partial charge in [0.2, 0.25) is 0 Å². The maximum absolute atomic E-state index is 4.24. The summed E-state index contributed by atoms with van der Waals surface area (Å²) in [5, 5.41) is 0. The first-order valence-electron chi connectivity index (χ1n) is 4.90. The van der Waals surface area contributed by atoms with Gasteiger partial charge in [-0.3, -0.25) is 0 Å². The van der Waals surface area contributed by atoms with E-state index in [4.69, 9.17) is 0 Å². The standard InChI is InChI=1S/C13H16N2/c1-5-11(4)12(9-10(2)3)13-14-7-6-8-15-13/h5-9H,1H2,2-4H3/b12-11+. The lowest BCUT2D eigenvalue weighted by Gasteiger charge is -2.04. The Kier molecular flexibility index (Phi) is 3.98. The number of hydrogen-bond acceptors (Lipinski definition) is 2. The highest BCUT2D eigenvalue weighted by Crippen LogP contribution is 2.18. The van der Waals surface area contributed by atoms with Crippen LogP contribution in [0.1, 0.15) is 26.6 Å². The Hall–Kier alpha value is -1.70. The van der Waals surface area contributed by atoms with Crippen molar-refractivity contribution in [3.63, 3.8) is 0 Å². The summed E-state index contributed by atoms with van der Waals surface area (Å²) in [5.74, 6) is 0.746. The Labute approximate surface area is 91.1 Å². The summed E-state index contributed by atoms with van der Waals surface area (Å²) in [7, 11) is 0. The summed E-state index contributed by atoms with van der Waals surface area (Å²) < 4.78 is 0. The van der Waals surface area contributed by atoms with Crippen LogP contribution in [0, 0.1) is 0 Å². The molecule has 0 atom stereocenters. The van der Waals surface area contributed by atoms with Crippen molar-refractivity contribution in [3.8, 4) is 0 Å². The minimum absolute atomic E-state index is 0.746. The van der Waals surface area contributed by atoms with Gasteiger partial charge >= 0.3 is 0 Å². The zero-order valence-corrected chi connectivity index (χ0v) is 9.49. The van der Waals surface area contributed by atoms with Gasteiger partial charge in [0.25, 0.3) is 0 Å². The first-order valence-corrected chi connectivity index (χ1v) is 4.90. The highest BCUT2D eigenvalue weighted by Gasteiger charge is 2.03. The van der Waals surface area contributed by atoms with E-state index in [0.29, 0.717) is 0 Å². The monoisotopic (exact) mass is 200 g/mol. The normalized spacial score (nSPS) is 11.7. The van der Waals surface area contributed by atoms with Crippen molar-refractivity contribution in [3.05, 3.63) is 54.2 Å². The fourth-order valence-electron chi connectivity index (χ4n) is 1.19. The number of rotatable bonds is 3. The highest BCUT2D eigenvalue weighted by atomic mass is 14.9. The average Bonchev–Trinajstić information content (AvgIpc) is 2.26. The predicted molar refractivity (Wildman–Crippen MR) is 64.3 cm³/mol. The van der Waals surface area contributed by atoms with E-state index >= 15 is 0 Å². The molecule has 0 amide bonds. The van der Waals surface area contributed by atoms with E-state index in [1.807, 2.05) is 19.1 Å². The third-order valence-electron chi connectivity index (χ3n) is 1.97. The molecule has 1 rings (SSSR count). The van der Waals surface area contributed by atoms with Gasteiger partial charge in [-0.1, -0.05) is 24.3 Å². The second-order valence-electron chi connectivity index (χ2n) is 3.59. The molecule has 2 nitrogen and oxygen atoms in total. The van der Waals surface area contributed by atoms with Crippen molar-refractivity contribution in [2.24, 2.45) is 0 Å². The third-order valence-corrected chi connectivity index (χ3v) is 1.97. The SMILES string of the molecule is C=C/C(C)=C(\C=C(C)C)c1ncccn1. The zero-order valence-electron chi connectivity index (χ0n) is 9.49. The van der Waals surface area contributed by atoms with Crippen LogP contribution >= 0.6 is 0 Å². The van der Waals surface area contributed by atoms with Gasteiger partial charge in [0.05, 0.1) is 0 Å². The lowest BCUT2D eigenvalue weighted by molar-refractivity contribution is 1.11. The van der Waals surface area contributed by atoms with Gasteiger partial charge in [-0.05, 0) is 32.4 Å². The molecule has 0 spiro atoms. The Balaban J connectivity index is 3.26. The Bertz CT molecular complexity index is 396. The molecule has 0 unspecified atom stereocenters. The van der Waals surface area contributed by atoms with Crippen LogP contribution in [0.5, 0.6) is 0 Å². The number of allylic oxidation sites excluding steroid dienone is 5. The summed E-state index contributed by atoms with van der Waals surface area (Å²) in [6.45, 7) is 9.89. The van der Waals surface area contributed by atoms with E-state index in [0.717, 1.165) is 17.0 Å². The number of aromatic nitrogens is 2. The van der Waals surface area contributed by atoms with Gasteiger partial charge in [0, 0.05) is 18.0 Å². The van der Waals surface area contributed by atoms with Gasteiger partial charge in [0.1, 0.15) is 0 Å². The van der Waals surface area contributed by atoms with Gasteiger partial charge in [0.15, 0.2) is 5.82 Å². The van der Waals surface area contributed by atoms with Crippen molar-refractivity contribution in [1.29, 1.82) is 0 Å². The smallest absolute Gasteiger partial charge is 0.159 e. The highest BCUT2D eigenvalue weighted by molar-refractivity contribution is 5.74.